The van der Waals surface area contributed by atoms with Gasteiger partial charge in [-0.3, -0.25) is 19.2 Å². The third-order valence-corrected chi connectivity index (χ3v) is 18.3. The Labute approximate surface area is 572 Å². The largest absolute Gasteiger partial charge is 0.394 e. The molecule has 8 fully saturated rings. The van der Waals surface area contributed by atoms with Crippen molar-refractivity contribution in [1.29, 1.82) is 0 Å². The van der Waals surface area contributed by atoms with Crippen molar-refractivity contribution in [2.24, 2.45) is 0 Å². The second-order valence-electron chi connectivity index (χ2n) is 25.4. The van der Waals surface area contributed by atoms with Crippen LogP contribution in [0.25, 0.3) is 0 Å². The van der Waals surface area contributed by atoms with Crippen molar-refractivity contribution >= 4 is 23.6 Å². The molecule has 40 atom stereocenters. The van der Waals surface area contributed by atoms with E-state index in [1.807, 2.05) is 0 Å². The molecule has 101 heavy (non-hydrogen) atoms. The molecule has 8 saturated heterocycles. The molecule has 0 aromatic rings. The Morgan fingerprint density at radius 2 is 0.545 bits per heavy atom. The van der Waals surface area contributed by atoms with Crippen LogP contribution in [0.1, 0.15) is 27.7 Å². The van der Waals surface area contributed by atoms with Crippen LogP contribution in [0.3, 0.4) is 0 Å². The number of hydrogen-bond acceptors (Lipinski definition) is 41. The van der Waals surface area contributed by atoms with Gasteiger partial charge in [0.05, 0.1) is 52.9 Å². The average molecular weight is 1480 g/mol. The molecule has 0 unspecified atom stereocenters. The number of carbonyl (C=O) groups is 4. The number of amides is 4. The van der Waals surface area contributed by atoms with Crippen molar-refractivity contribution < 1.29 is 203 Å². The lowest BCUT2D eigenvalue weighted by molar-refractivity contribution is -0.407. The Kier molecular flexibility index (Phi) is 29.9. The van der Waals surface area contributed by atoms with Crippen molar-refractivity contribution in [3.63, 3.8) is 0 Å². The minimum Gasteiger partial charge on any atom is -0.394 e. The molecule has 0 spiro atoms. The van der Waals surface area contributed by atoms with Gasteiger partial charge in [0.2, 0.25) is 23.6 Å². The van der Waals surface area contributed by atoms with E-state index < -0.39 is 322 Å². The first-order chi connectivity index (χ1) is 47.8. The lowest BCUT2D eigenvalue weighted by Crippen LogP contribution is -2.71. The first-order valence-corrected chi connectivity index (χ1v) is 32.1. The van der Waals surface area contributed by atoms with Gasteiger partial charge in [-0.15, -0.1) is 0 Å². The Morgan fingerprint density at radius 1 is 0.257 bits per heavy atom. The molecule has 0 bridgehead atoms. The molecule has 8 heterocycles. The maximum absolute atomic E-state index is 13.0. The van der Waals surface area contributed by atoms with Gasteiger partial charge in [-0.25, -0.2) is 0 Å². The number of nitrogens with one attached hydrogen (secondary N) is 4. The zero-order chi connectivity index (χ0) is 74.5. The second kappa shape index (κ2) is 36.3. The third-order valence-electron chi connectivity index (χ3n) is 18.3. The van der Waals surface area contributed by atoms with Gasteiger partial charge in [-0.1, -0.05) is 0 Å². The van der Waals surface area contributed by atoms with Crippen LogP contribution in [0.2, 0.25) is 0 Å². The van der Waals surface area contributed by atoms with E-state index in [1.54, 1.807) is 0 Å². The van der Waals surface area contributed by atoms with Gasteiger partial charge in [0.1, 0.15) is 195 Å². The zero-order valence-corrected chi connectivity index (χ0v) is 54.3. The maximum atomic E-state index is 13.0. The van der Waals surface area contributed by atoms with Gasteiger partial charge < -0.3 is 205 Å². The summed E-state index contributed by atoms with van der Waals surface area (Å²) in [5.41, 5.74) is 0. The standard InChI is InChI=1S/C56H94N4O41/c1-13(68)57-25-36(79)43(22(10-66)88-49(25)86)97-54-42(85)46(99-56-48(40(83)33(76)21(9-65)93-56)101-52-28(60-16(4)71)37(80)44(23(11-67)94-52)96-53-41(84)38(81)31(74)19(7-63)91-53)45(98-50-26(58-14(2)69)34(77)29(72)17(5-61)89-50)24(95-54)12-87-55-47(39(82)32(75)20(8-64)92-55)100-51-27(59-15(3)70)35(78)30(73)18(6-62)90-51/h17-56,61-67,72-86H,5-12H2,1-4H3,(H,57,68)(H,58,69)(H,59,70)(H,60,71)/t17-,18-,19-,20-,21-,22-,23-,24-,25-,26-,27-,28-,29-,30-,31+,32-,33-,34+,35-,36-,37-,38+,39+,40+,41-,42+,43-,44-,45-,46-,47+,48+,49-,50+,51+,52+,53+,54+,55+,56-/m1/s1. The number of carbonyl (C=O) groups excluding carboxylic acids is 4. The van der Waals surface area contributed by atoms with Gasteiger partial charge in [0.25, 0.3) is 0 Å². The molecule has 0 aromatic carbocycles. The molecular formula is C56H94N4O41. The lowest BCUT2D eigenvalue weighted by Gasteiger charge is -2.52. The molecule has 0 aliphatic carbocycles. The van der Waals surface area contributed by atoms with E-state index in [0.29, 0.717) is 0 Å². The summed E-state index contributed by atoms with van der Waals surface area (Å²) in [6.45, 7) is -4.97. The highest BCUT2D eigenvalue weighted by atomic mass is 16.8. The molecule has 4 amide bonds. The second-order valence-corrected chi connectivity index (χ2v) is 25.4. The van der Waals surface area contributed by atoms with Crippen LogP contribution in [0.5, 0.6) is 0 Å². The smallest absolute Gasteiger partial charge is 0.217 e. The third kappa shape index (κ3) is 18.5. The van der Waals surface area contributed by atoms with Crippen LogP contribution in [-0.2, 0) is 90.2 Å². The first-order valence-electron chi connectivity index (χ1n) is 32.1. The van der Waals surface area contributed by atoms with Crippen LogP contribution in [0, 0.1) is 0 Å². The number of aliphatic hydroxyl groups excluding tert-OH is 22. The predicted octanol–water partition coefficient (Wildman–Crippen LogP) is -17.9. The van der Waals surface area contributed by atoms with Crippen molar-refractivity contribution in [3.05, 3.63) is 0 Å². The normalized spacial score (nSPS) is 48.3. The summed E-state index contributed by atoms with van der Waals surface area (Å²) in [4.78, 5) is 50.8. The Bertz CT molecular complexity index is 2640. The highest BCUT2D eigenvalue weighted by molar-refractivity contribution is 5.74. The topological polar surface area (TPSA) is 700 Å². The van der Waals surface area contributed by atoms with Crippen molar-refractivity contribution in [3.8, 4) is 0 Å². The molecule has 584 valence electrons. The molecule has 0 saturated carbocycles. The highest BCUT2D eigenvalue weighted by Crippen LogP contribution is 2.40. The van der Waals surface area contributed by atoms with E-state index in [0.717, 1.165) is 27.7 Å². The Morgan fingerprint density at radius 3 is 0.970 bits per heavy atom. The SMILES string of the molecule is CC(=O)N[C@@H]1[C@@H](O)[C@H](O[C@@H]2O[C@H](CO[C@H]3O[C@H](CO)[C@@H](O)[C@H](O)[C@@H]3O[C@@H]3O[C@H](CO)[C@@H](O)[C@H](O)[C@H]3NC(C)=O)[C@@H](O[C@@H]3O[C@H](CO)[C@@H](O)[C@@H](O)[C@H]3NC(C)=O)[C@H](O[C@H]3O[C@H](CO)[C@@H](O)[C@H](O)[C@@H]3O[C@@H]3O[C@H](CO)[C@@H](O[C@@H]4O[C@H](CO)[C@H](O)[C@H](O)[C@H]4O)[C@H](O)[C@H]3NC(C)=O)[C@@H]2O)[C@@H](CO)O[C@H]1O. The van der Waals surface area contributed by atoms with Crippen LogP contribution < -0.4 is 21.3 Å². The fraction of sp³-hybridized carbons (Fsp3) is 0.929. The summed E-state index contributed by atoms with van der Waals surface area (Å²) in [6.07, 6.45) is -75.7. The van der Waals surface area contributed by atoms with Crippen LogP contribution in [0.4, 0.5) is 0 Å². The molecular weight excluding hydrogens is 1380 g/mol. The molecule has 26 N–H and O–H groups in total. The number of hydrogen-bond donors (Lipinski definition) is 26. The van der Waals surface area contributed by atoms with Crippen molar-refractivity contribution in [2.75, 3.05) is 52.9 Å². The molecule has 8 rings (SSSR count). The number of rotatable bonds is 26. The Balaban J connectivity index is 1.24. The number of ether oxygens (including phenoxy) is 15. The fourth-order valence-electron chi connectivity index (χ4n) is 13.0. The summed E-state index contributed by atoms with van der Waals surface area (Å²) < 4.78 is 90.4. The fourth-order valence-corrected chi connectivity index (χ4v) is 13.0. The van der Waals surface area contributed by atoms with Crippen molar-refractivity contribution in [2.45, 2.75) is 273 Å². The van der Waals surface area contributed by atoms with Gasteiger partial charge in [0.15, 0.2) is 50.3 Å². The van der Waals surface area contributed by atoms with E-state index in [1.165, 1.54) is 0 Å². The van der Waals surface area contributed by atoms with Crippen LogP contribution in [-0.4, -0.2) is 434 Å². The van der Waals surface area contributed by atoms with Crippen molar-refractivity contribution in [1.82, 2.24) is 21.3 Å². The Hall–Kier alpha value is -3.60. The van der Waals surface area contributed by atoms with Gasteiger partial charge in [0, 0.05) is 27.7 Å². The van der Waals surface area contributed by atoms with Gasteiger partial charge in [-0.2, -0.15) is 0 Å². The quantitative estimate of drug-likeness (QED) is 0.0382. The minimum absolute atomic E-state index is 0.851. The summed E-state index contributed by atoms with van der Waals surface area (Å²) in [7, 11) is 0. The highest BCUT2D eigenvalue weighted by Gasteiger charge is 2.61. The van der Waals surface area contributed by atoms with Crippen LogP contribution >= 0.6 is 0 Å². The predicted molar refractivity (Wildman–Crippen MR) is 311 cm³/mol. The molecule has 8 aliphatic rings. The summed E-state index contributed by atoms with van der Waals surface area (Å²) in [5, 5.41) is 253. The average Bonchev–Trinajstić information content (AvgIpc) is 0.769. The van der Waals surface area contributed by atoms with Gasteiger partial charge >= 0.3 is 0 Å². The summed E-state index contributed by atoms with van der Waals surface area (Å²) >= 11 is 0. The minimum atomic E-state index is -2.60. The van der Waals surface area contributed by atoms with E-state index in [9.17, 15) is 132 Å². The number of aliphatic hydroxyl groups is 22. The lowest BCUT2D eigenvalue weighted by atomic mass is 9.93. The summed E-state index contributed by atoms with van der Waals surface area (Å²) in [5.74, 6) is -3.61. The molecule has 8 aliphatic heterocycles. The maximum Gasteiger partial charge on any atom is 0.217 e. The summed E-state index contributed by atoms with van der Waals surface area (Å²) in [6, 6.07) is -7.44. The zero-order valence-electron chi connectivity index (χ0n) is 54.3. The molecule has 0 aromatic heterocycles. The van der Waals surface area contributed by atoms with Gasteiger partial charge in [-0.05, 0) is 0 Å². The first kappa shape index (κ1) is 83.0. The molecule has 45 nitrogen and oxygen atoms in total. The monoisotopic (exact) mass is 1480 g/mol. The van der Waals surface area contributed by atoms with Crippen LogP contribution in [0.15, 0.2) is 0 Å². The molecule has 45 heteroatoms. The molecule has 0 radical (unpaired) electrons. The van der Waals surface area contributed by atoms with E-state index >= 15 is 0 Å². The van der Waals surface area contributed by atoms with E-state index in [4.69, 9.17) is 71.1 Å². The van der Waals surface area contributed by atoms with E-state index in [2.05, 4.69) is 21.3 Å². The van der Waals surface area contributed by atoms with E-state index in [-0.39, 0.29) is 0 Å².